The molecule has 0 radical (unpaired) electrons. The zero-order chi connectivity index (χ0) is 15.4. The molecule has 3 amide bonds. The molecule has 0 aromatic heterocycles. The van der Waals surface area contributed by atoms with Crippen LogP contribution in [-0.2, 0) is 4.79 Å². The lowest BCUT2D eigenvalue weighted by atomic mass is 10.0. The molecule has 21 heavy (non-hydrogen) atoms. The second-order valence-corrected chi connectivity index (χ2v) is 5.66. The second-order valence-electron chi connectivity index (χ2n) is 5.66. The number of carbonyl (C=O) groups excluding carboxylic acids is 2. The van der Waals surface area contributed by atoms with Crippen molar-refractivity contribution in [1.82, 2.24) is 5.32 Å². The lowest BCUT2D eigenvalue weighted by molar-refractivity contribution is -0.117. The average molecular weight is 290 g/mol. The van der Waals surface area contributed by atoms with Gasteiger partial charge in [-0.15, -0.1) is 0 Å². The summed E-state index contributed by atoms with van der Waals surface area (Å²) in [6.45, 7) is 5.32. The lowest BCUT2D eigenvalue weighted by Crippen LogP contribution is -2.36. The Morgan fingerprint density at radius 2 is 2.24 bits per heavy atom. The van der Waals surface area contributed by atoms with Gasteiger partial charge in [0.05, 0.1) is 6.04 Å². The van der Waals surface area contributed by atoms with Gasteiger partial charge < -0.3 is 16.4 Å². The normalized spacial score (nSPS) is 16.0. The number of carbonyl (C=O) groups is 2. The number of hydrogen-bond acceptors (Lipinski definition) is 3. The third-order valence-electron chi connectivity index (χ3n) is 3.34. The van der Waals surface area contributed by atoms with Gasteiger partial charge in [0.1, 0.15) is 0 Å². The van der Waals surface area contributed by atoms with Crippen LogP contribution in [0.1, 0.15) is 20.3 Å². The van der Waals surface area contributed by atoms with E-state index in [-0.39, 0.29) is 11.9 Å². The molecule has 2 rings (SSSR count). The highest BCUT2D eigenvalue weighted by Gasteiger charge is 2.21. The first-order valence-electron chi connectivity index (χ1n) is 7.19. The highest BCUT2D eigenvalue weighted by molar-refractivity contribution is 5.97. The van der Waals surface area contributed by atoms with Gasteiger partial charge in [0.25, 0.3) is 0 Å². The topological polar surface area (TPSA) is 87.5 Å². The predicted molar refractivity (Wildman–Crippen MR) is 83.2 cm³/mol. The molecular weight excluding hydrogens is 268 g/mol. The Morgan fingerprint density at radius 3 is 2.86 bits per heavy atom. The molecule has 6 heteroatoms. The van der Waals surface area contributed by atoms with Crippen molar-refractivity contribution in [1.29, 1.82) is 0 Å². The minimum atomic E-state index is -0.524. The summed E-state index contributed by atoms with van der Waals surface area (Å²) in [7, 11) is 0. The summed E-state index contributed by atoms with van der Waals surface area (Å²) in [4.78, 5) is 25.3. The van der Waals surface area contributed by atoms with Crippen molar-refractivity contribution in [3.05, 3.63) is 24.3 Å². The maximum atomic E-state index is 12.0. The van der Waals surface area contributed by atoms with Gasteiger partial charge in [0, 0.05) is 24.5 Å². The van der Waals surface area contributed by atoms with Gasteiger partial charge in [0.15, 0.2) is 0 Å². The first-order valence-corrected chi connectivity index (χ1v) is 7.19. The largest absolute Gasteiger partial charge is 0.336 e. The molecule has 1 unspecified atom stereocenters. The van der Waals surface area contributed by atoms with Crippen LogP contribution in [0.4, 0.5) is 16.2 Å². The zero-order valence-corrected chi connectivity index (χ0v) is 12.4. The van der Waals surface area contributed by atoms with Crippen LogP contribution in [0.5, 0.6) is 0 Å². The van der Waals surface area contributed by atoms with E-state index in [9.17, 15) is 9.59 Å². The van der Waals surface area contributed by atoms with Crippen LogP contribution in [0.15, 0.2) is 24.3 Å². The number of urea groups is 1. The SMILES string of the molecule is CC(C)CC(N)C(=O)Nc1cccc(N2CCNC2=O)c1. The van der Waals surface area contributed by atoms with Crippen molar-refractivity contribution in [2.45, 2.75) is 26.3 Å². The standard InChI is InChI=1S/C15H22N4O2/c1-10(2)8-13(16)14(20)18-11-4-3-5-12(9-11)19-7-6-17-15(19)21/h3-5,9-10,13H,6-8,16H2,1-2H3,(H,17,21)(H,18,20). The Labute approximate surface area is 124 Å². The minimum absolute atomic E-state index is 0.116. The number of amides is 3. The van der Waals surface area contributed by atoms with E-state index >= 15 is 0 Å². The number of hydrogen-bond donors (Lipinski definition) is 3. The Kier molecular flexibility index (Phi) is 4.80. The predicted octanol–water partition coefficient (Wildman–Crippen LogP) is 1.53. The van der Waals surface area contributed by atoms with Crippen LogP contribution in [0.25, 0.3) is 0 Å². The van der Waals surface area contributed by atoms with Crippen LogP contribution in [-0.4, -0.2) is 31.1 Å². The molecule has 4 N–H and O–H groups in total. The average Bonchev–Trinajstić information content (AvgIpc) is 2.84. The molecule has 0 saturated carbocycles. The molecule has 1 fully saturated rings. The number of benzene rings is 1. The van der Waals surface area contributed by atoms with E-state index < -0.39 is 6.04 Å². The van der Waals surface area contributed by atoms with E-state index in [2.05, 4.69) is 10.6 Å². The molecule has 1 atom stereocenters. The highest BCUT2D eigenvalue weighted by atomic mass is 16.2. The summed E-state index contributed by atoms with van der Waals surface area (Å²) in [5.41, 5.74) is 7.28. The van der Waals surface area contributed by atoms with Crippen LogP contribution in [0, 0.1) is 5.92 Å². The van der Waals surface area contributed by atoms with Gasteiger partial charge in [0.2, 0.25) is 5.91 Å². The monoisotopic (exact) mass is 290 g/mol. The fraction of sp³-hybridized carbons (Fsp3) is 0.467. The Morgan fingerprint density at radius 1 is 1.48 bits per heavy atom. The van der Waals surface area contributed by atoms with E-state index in [4.69, 9.17) is 5.73 Å². The summed E-state index contributed by atoms with van der Waals surface area (Å²) >= 11 is 0. The Balaban J connectivity index is 2.04. The van der Waals surface area contributed by atoms with Crippen molar-refractivity contribution < 1.29 is 9.59 Å². The summed E-state index contributed by atoms with van der Waals surface area (Å²) < 4.78 is 0. The smallest absolute Gasteiger partial charge is 0.321 e. The van der Waals surface area contributed by atoms with Gasteiger partial charge in [-0.05, 0) is 30.5 Å². The van der Waals surface area contributed by atoms with Crippen LogP contribution < -0.4 is 21.3 Å². The van der Waals surface area contributed by atoms with Gasteiger partial charge >= 0.3 is 6.03 Å². The fourth-order valence-electron chi connectivity index (χ4n) is 2.32. The first-order chi connectivity index (χ1) is 9.97. The third kappa shape index (κ3) is 3.95. The molecule has 1 heterocycles. The quantitative estimate of drug-likeness (QED) is 0.768. The molecule has 1 aliphatic rings. The maximum absolute atomic E-state index is 12.0. The van der Waals surface area contributed by atoms with Crippen molar-refractivity contribution in [2.75, 3.05) is 23.3 Å². The van der Waals surface area contributed by atoms with Crippen LogP contribution in [0.3, 0.4) is 0 Å². The van der Waals surface area contributed by atoms with Gasteiger partial charge in [-0.25, -0.2) is 4.79 Å². The summed E-state index contributed by atoms with van der Waals surface area (Å²) in [5, 5.41) is 5.55. The number of nitrogens with zero attached hydrogens (tertiary/aromatic N) is 1. The van der Waals surface area contributed by atoms with Crippen molar-refractivity contribution in [3.8, 4) is 0 Å². The molecular formula is C15H22N4O2. The van der Waals surface area contributed by atoms with Crippen LogP contribution >= 0.6 is 0 Å². The lowest BCUT2D eigenvalue weighted by Gasteiger charge is -2.17. The van der Waals surface area contributed by atoms with E-state index in [0.717, 1.165) is 5.69 Å². The molecule has 6 nitrogen and oxygen atoms in total. The molecule has 1 aromatic carbocycles. The van der Waals surface area contributed by atoms with Gasteiger partial charge in [-0.2, -0.15) is 0 Å². The van der Waals surface area contributed by atoms with Gasteiger partial charge in [-0.3, -0.25) is 9.69 Å². The minimum Gasteiger partial charge on any atom is -0.336 e. The van der Waals surface area contributed by atoms with Gasteiger partial charge in [-0.1, -0.05) is 19.9 Å². The Bertz CT molecular complexity index is 530. The van der Waals surface area contributed by atoms with Crippen LogP contribution in [0.2, 0.25) is 0 Å². The second kappa shape index (κ2) is 6.58. The molecule has 0 bridgehead atoms. The Hall–Kier alpha value is -2.08. The molecule has 0 aliphatic carbocycles. The van der Waals surface area contributed by atoms with Crippen molar-refractivity contribution >= 4 is 23.3 Å². The third-order valence-corrected chi connectivity index (χ3v) is 3.34. The number of anilines is 2. The fourth-order valence-corrected chi connectivity index (χ4v) is 2.32. The van der Waals surface area contributed by atoms with E-state index in [1.165, 1.54) is 0 Å². The van der Waals surface area contributed by atoms with Crippen molar-refractivity contribution in [2.24, 2.45) is 11.7 Å². The summed E-state index contributed by atoms with van der Waals surface area (Å²) in [5.74, 6) is 0.164. The zero-order valence-electron chi connectivity index (χ0n) is 12.4. The van der Waals surface area contributed by atoms with E-state index in [1.54, 1.807) is 17.0 Å². The highest BCUT2D eigenvalue weighted by Crippen LogP contribution is 2.21. The van der Waals surface area contributed by atoms with Crippen molar-refractivity contribution in [3.63, 3.8) is 0 Å². The first kappa shape index (κ1) is 15.3. The molecule has 0 spiro atoms. The summed E-state index contributed by atoms with van der Waals surface area (Å²) in [6, 6.07) is 6.58. The summed E-state index contributed by atoms with van der Waals surface area (Å²) in [6.07, 6.45) is 0.639. The number of nitrogens with two attached hydrogens (primary N) is 1. The number of nitrogens with one attached hydrogen (secondary N) is 2. The van der Waals surface area contributed by atoms with E-state index in [0.29, 0.717) is 31.1 Å². The maximum Gasteiger partial charge on any atom is 0.321 e. The molecule has 1 aromatic rings. The molecule has 114 valence electrons. The molecule has 1 aliphatic heterocycles. The number of rotatable bonds is 5. The molecule has 1 saturated heterocycles. The van der Waals surface area contributed by atoms with E-state index in [1.807, 2.05) is 26.0 Å².